The van der Waals surface area contributed by atoms with Gasteiger partial charge in [0.15, 0.2) is 0 Å². The number of carbonyl (C=O) groups is 3. The first-order valence-corrected chi connectivity index (χ1v) is 6.66. The Balaban J connectivity index is 2.32. The molecule has 0 aliphatic carbocycles. The number of likely N-dealkylation sites (tertiary alicyclic amines) is 1. The van der Waals surface area contributed by atoms with E-state index >= 15 is 0 Å². The Morgan fingerprint density at radius 1 is 1.26 bits per heavy atom. The summed E-state index contributed by atoms with van der Waals surface area (Å²) in [5, 5.41) is 8.66. The van der Waals surface area contributed by atoms with Gasteiger partial charge in [-0.3, -0.25) is 14.4 Å². The molecule has 1 aliphatic rings. The summed E-state index contributed by atoms with van der Waals surface area (Å²) in [4.78, 5) is 35.1. The Hall–Kier alpha value is -1.59. The Morgan fingerprint density at radius 3 is 2.32 bits per heavy atom. The van der Waals surface area contributed by atoms with Crippen LogP contribution < -0.4 is 5.73 Å². The zero-order valence-corrected chi connectivity index (χ0v) is 11.3. The number of carboxylic acids is 1. The first-order chi connectivity index (χ1) is 8.88. The van der Waals surface area contributed by atoms with Crippen molar-refractivity contribution in [2.45, 2.75) is 39.0 Å². The highest BCUT2D eigenvalue weighted by Crippen LogP contribution is 2.21. The van der Waals surface area contributed by atoms with Gasteiger partial charge in [-0.05, 0) is 24.7 Å². The number of amides is 2. The lowest BCUT2D eigenvalue weighted by Gasteiger charge is -2.32. The van der Waals surface area contributed by atoms with Crippen LogP contribution in [-0.2, 0) is 14.4 Å². The maximum Gasteiger partial charge on any atom is 0.303 e. The second-order valence-corrected chi connectivity index (χ2v) is 5.40. The second kappa shape index (κ2) is 7.11. The highest BCUT2D eigenvalue weighted by atomic mass is 16.4. The predicted octanol–water partition coefficient (Wildman–Crippen LogP) is 0.601. The molecule has 1 atom stereocenters. The van der Waals surface area contributed by atoms with Gasteiger partial charge in [-0.2, -0.15) is 0 Å². The van der Waals surface area contributed by atoms with Crippen molar-refractivity contribution < 1.29 is 19.5 Å². The van der Waals surface area contributed by atoms with E-state index in [0.717, 1.165) is 12.8 Å². The number of rotatable bonds is 6. The van der Waals surface area contributed by atoms with Crippen molar-refractivity contribution >= 4 is 17.8 Å². The number of carbonyl (C=O) groups excluding carboxylic acids is 2. The number of aliphatic carboxylic acids is 1. The third kappa shape index (κ3) is 5.72. The van der Waals surface area contributed by atoms with Crippen LogP contribution in [0.25, 0.3) is 0 Å². The summed E-state index contributed by atoms with van der Waals surface area (Å²) in [6, 6.07) is 0. The number of nitrogens with zero attached hydrogens (tertiary/aromatic N) is 1. The van der Waals surface area contributed by atoms with E-state index < -0.39 is 5.97 Å². The minimum atomic E-state index is -0.875. The van der Waals surface area contributed by atoms with Gasteiger partial charge in [0, 0.05) is 32.4 Å². The fourth-order valence-corrected chi connectivity index (χ4v) is 2.47. The van der Waals surface area contributed by atoms with Crippen molar-refractivity contribution in [2.75, 3.05) is 13.1 Å². The van der Waals surface area contributed by atoms with E-state index in [1.165, 1.54) is 0 Å². The highest BCUT2D eigenvalue weighted by molar-refractivity contribution is 5.77. The summed E-state index contributed by atoms with van der Waals surface area (Å²) in [5.74, 6) is -1.03. The Morgan fingerprint density at radius 2 is 1.84 bits per heavy atom. The van der Waals surface area contributed by atoms with Crippen molar-refractivity contribution in [1.82, 2.24) is 4.90 Å². The molecule has 1 unspecified atom stereocenters. The van der Waals surface area contributed by atoms with Crippen molar-refractivity contribution in [3.05, 3.63) is 0 Å². The molecule has 0 aromatic heterocycles. The van der Waals surface area contributed by atoms with Crippen molar-refractivity contribution in [1.29, 1.82) is 0 Å². The standard InChI is InChI=1S/C13H22N2O4/c1-9(7-13(18)19)6-12(17)15-4-2-10(3-5-15)8-11(14)16/h9-10H,2-8H2,1H3,(H2,14,16)(H,18,19). The summed E-state index contributed by atoms with van der Waals surface area (Å²) in [6.45, 7) is 3.04. The molecule has 0 aromatic rings. The van der Waals surface area contributed by atoms with E-state index in [1.54, 1.807) is 11.8 Å². The van der Waals surface area contributed by atoms with Crippen LogP contribution in [0.4, 0.5) is 0 Å². The number of carboxylic acid groups (broad SMARTS) is 1. The summed E-state index contributed by atoms with van der Waals surface area (Å²) in [5.41, 5.74) is 5.15. The third-order valence-electron chi connectivity index (χ3n) is 3.50. The molecular formula is C13H22N2O4. The van der Waals surface area contributed by atoms with Crippen LogP contribution >= 0.6 is 0 Å². The van der Waals surface area contributed by atoms with E-state index in [2.05, 4.69) is 0 Å². The van der Waals surface area contributed by atoms with Gasteiger partial charge in [0.25, 0.3) is 0 Å². The molecule has 1 rings (SSSR count). The number of primary amides is 1. The largest absolute Gasteiger partial charge is 0.481 e. The molecule has 6 nitrogen and oxygen atoms in total. The van der Waals surface area contributed by atoms with E-state index in [-0.39, 0.29) is 36.5 Å². The van der Waals surface area contributed by atoms with E-state index in [4.69, 9.17) is 10.8 Å². The van der Waals surface area contributed by atoms with Gasteiger partial charge in [0.2, 0.25) is 11.8 Å². The molecule has 108 valence electrons. The smallest absolute Gasteiger partial charge is 0.303 e. The first-order valence-electron chi connectivity index (χ1n) is 6.66. The molecule has 0 spiro atoms. The van der Waals surface area contributed by atoms with E-state index in [0.29, 0.717) is 19.5 Å². The topological polar surface area (TPSA) is 101 Å². The van der Waals surface area contributed by atoms with Gasteiger partial charge in [-0.1, -0.05) is 6.92 Å². The number of piperidine rings is 1. The normalized spacial score (nSPS) is 18.1. The van der Waals surface area contributed by atoms with E-state index in [9.17, 15) is 14.4 Å². The van der Waals surface area contributed by atoms with Crippen LogP contribution in [0.5, 0.6) is 0 Å². The van der Waals surface area contributed by atoms with Gasteiger partial charge in [0.1, 0.15) is 0 Å². The summed E-state index contributed by atoms with van der Waals surface area (Å²) >= 11 is 0. The summed E-state index contributed by atoms with van der Waals surface area (Å²) in [6.07, 6.45) is 2.26. The van der Waals surface area contributed by atoms with Crippen molar-refractivity contribution in [2.24, 2.45) is 17.6 Å². The highest BCUT2D eigenvalue weighted by Gasteiger charge is 2.24. The lowest BCUT2D eigenvalue weighted by atomic mass is 9.92. The Bertz CT molecular complexity index is 349. The number of hydrogen-bond acceptors (Lipinski definition) is 3. The number of hydrogen-bond donors (Lipinski definition) is 2. The van der Waals surface area contributed by atoms with Gasteiger partial charge < -0.3 is 15.7 Å². The molecule has 0 radical (unpaired) electrons. The second-order valence-electron chi connectivity index (χ2n) is 5.40. The molecule has 3 N–H and O–H groups in total. The molecule has 6 heteroatoms. The van der Waals surface area contributed by atoms with Crippen LogP contribution in [0, 0.1) is 11.8 Å². The Labute approximate surface area is 112 Å². The molecule has 19 heavy (non-hydrogen) atoms. The van der Waals surface area contributed by atoms with Gasteiger partial charge in [-0.15, -0.1) is 0 Å². The average molecular weight is 270 g/mol. The molecule has 1 fully saturated rings. The molecule has 1 heterocycles. The van der Waals surface area contributed by atoms with Gasteiger partial charge in [-0.25, -0.2) is 0 Å². The first kappa shape index (κ1) is 15.5. The molecule has 1 saturated heterocycles. The average Bonchev–Trinajstić information content (AvgIpc) is 2.27. The SMILES string of the molecule is CC(CC(=O)O)CC(=O)N1CCC(CC(N)=O)CC1. The van der Waals surface area contributed by atoms with E-state index in [1.807, 2.05) is 0 Å². The van der Waals surface area contributed by atoms with Crippen molar-refractivity contribution in [3.8, 4) is 0 Å². The van der Waals surface area contributed by atoms with Crippen LogP contribution in [0.1, 0.15) is 39.0 Å². The molecule has 0 saturated carbocycles. The molecular weight excluding hydrogens is 248 g/mol. The van der Waals surface area contributed by atoms with Gasteiger partial charge in [0.05, 0.1) is 0 Å². The fraction of sp³-hybridized carbons (Fsp3) is 0.769. The lowest BCUT2D eigenvalue weighted by molar-refractivity contribution is -0.138. The predicted molar refractivity (Wildman–Crippen MR) is 69.1 cm³/mol. The minimum absolute atomic E-state index is 0.00581. The maximum atomic E-state index is 12.0. The van der Waals surface area contributed by atoms with Crippen LogP contribution in [0.2, 0.25) is 0 Å². The zero-order chi connectivity index (χ0) is 14.4. The van der Waals surface area contributed by atoms with Crippen LogP contribution in [0.3, 0.4) is 0 Å². The fourth-order valence-electron chi connectivity index (χ4n) is 2.47. The van der Waals surface area contributed by atoms with Crippen LogP contribution in [-0.4, -0.2) is 40.9 Å². The third-order valence-corrected chi connectivity index (χ3v) is 3.50. The maximum absolute atomic E-state index is 12.0. The molecule has 1 aliphatic heterocycles. The molecule has 2 amide bonds. The summed E-state index contributed by atoms with van der Waals surface area (Å²) in [7, 11) is 0. The molecule has 0 bridgehead atoms. The zero-order valence-electron chi connectivity index (χ0n) is 11.3. The Kier molecular flexibility index (Phi) is 5.79. The summed E-state index contributed by atoms with van der Waals surface area (Å²) < 4.78 is 0. The lowest BCUT2D eigenvalue weighted by Crippen LogP contribution is -2.39. The molecule has 0 aromatic carbocycles. The van der Waals surface area contributed by atoms with Crippen LogP contribution in [0.15, 0.2) is 0 Å². The van der Waals surface area contributed by atoms with Gasteiger partial charge >= 0.3 is 5.97 Å². The van der Waals surface area contributed by atoms with Crippen molar-refractivity contribution in [3.63, 3.8) is 0 Å². The number of nitrogens with two attached hydrogens (primary N) is 1. The quantitative estimate of drug-likeness (QED) is 0.738. The minimum Gasteiger partial charge on any atom is -0.481 e. The monoisotopic (exact) mass is 270 g/mol.